The van der Waals surface area contributed by atoms with Crippen LogP contribution in [0.5, 0.6) is 11.5 Å². The molecule has 0 bridgehead atoms. The van der Waals surface area contributed by atoms with Crippen molar-refractivity contribution < 1.29 is 14.6 Å². The predicted octanol–water partition coefficient (Wildman–Crippen LogP) is 3.21. The third-order valence-corrected chi connectivity index (χ3v) is 3.28. The van der Waals surface area contributed by atoms with Gasteiger partial charge in [-0.05, 0) is 49.4 Å². The topological polar surface area (TPSA) is 70.9 Å². The van der Waals surface area contributed by atoms with E-state index in [0.29, 0.717) is 27.6 Å². The lowest BCUT2D eigenvalue weighted by Gasteiger charge is -2.07. The Morgan fingerprint density at radius 1 is 1.23 bits per heavy atom. The second kappa shape index (κ2) is 6.95. The van der Waals surface area contributed by atoms with Gasteiger partial charge in [0.25, 0.3) is 5.91 Å². The van der Waals surface area contributed by atoms with Gasteiger partial charge in [0, 0.05) is 16.1 Å². The van der Waals surface area contributed by atoms with Crippen LogP contribution in [0.4, 0.5) is 0 Å². The maximum absolute atomic E-state index is 12.0. The number of aromatic hydroxyl groups is 1. The van der Waals surface area contributed by atoms with Crippen LogP contribution in [-0.4, -0.2) is 23.8 Å². The van der Waals surface area contributed by atoms with Gasteiger partial charge in [-0.2, -0.15) is 5.10 Å². The minimum absolute atomic E-state index is 0.0581. The number of phenolic OH excluding ortho intramolecular Hbond substituents is 1. The van der Waals surface area contributed by atoms with Gasteiger partial charge in [-0.1, -0.05) is 11.6 Å². The fourth-order valence-electron chi connectivity index (χ4n) is 1.79. The van der Waals surface area contributed by atoms with Crippen LogP contribution in [0.3, 0.4) is 0 Å². The second-order valence-corrected chi connectivity index (χ2v) is 4.96. The second-order valence-electron chi connectivity index (χ2n) is 4.53. The van der Waals surface area contributed by atoms with Gasteiger partial charge < -0.3 is 9.84 Å². The first-order valence-electron chi connectivity index (χ1n) is 6.49. The zero-order valence-corrected chi connectivity index (χ0v) is 12.9. The minimum Gasteiger partial charge on any atom is -0.507 e. The summed E-state index contributed by atoms with van der Waals surface area (Å²) in [6.45, 7) is 1.68. The number of amides is 1. The Morgan fingerprint density at radius 3 is 2.55 bits per heavy atom. The number of rotatable bonds is 4. The van der Waals surface area contributed by atoms with Crippen LogP contribution in [0.25, 0.3) is 0 Å². The molecule has 6 heteroatoms. The largest absolute Gasteiger partial charge is 0.507 e. The predicted molar refractivity (Wildman–Crippen MR) is 85.8 cm³/mol. The summed E-state index contributed by atoms with van der Waals surface area (Å²) in [4.78, 5) is 12.0. The van der Waals surface area contributed by atoms with Crippen molar-refractivity contribution in [2.24, 2.45) is 5.10 Å². The molecule has 0 atom stereocenters. The number of hydrogen-bond acceptors (Lipinski definition) is 4. The third-order valence-electron chi connectivity index (χ3n) is 3.03. The van der Waals surface area contributed by atoms with Crippen molar-refractivity contribution in [1.82, 2.24) is 5.43 Å². The average molecular weight is 319 g/mol. The highest BCUT2D eigenvalue weighted by Gasteiger charge is 2.08. The summed E-state index contributed by atoms with van der Waals surface area (Å²) in [6.07, 6.45) is 0. The number of ether oxygens (including phenoxy) is 1. The van der Waals surface area contributed by atoms with E-state index in [-0.39, 0.29) is 11.7 Å². The lowest BCUT2D eigenvalue weighted by molar-refractivity contribution is 0.0955. The summed E-state index contributed by atoms with van der Waals surface area (Å²) >= 11 is 5.77. The van der Waals surface area contributed by atoms with Crippen molar-refractivity contribution in [2.75, 3.05) is 7.11 Å². The van der Waals surface area contributed by atoms with Crippen molar-refractivity contribution in [3.05, 3.63) is 58.6 Å². The molecule has 2 rings (SSSR count). The van der Waals surface area contributed by atoms with Gasteiger partial charge in [0.1, 0.15) is 11.5 Å². The minimum atomic E-state index is -0.363. The summed E-state index contributed by atoms with van der Waals surface area (Å²) in [5.41, 5.74) is 3.82. The Hall–Kier alpha value is -2.53. The number of phenols is 1. The lowest BCUT2D eigenvalue weighted by atomic mass is 10.1. The molecule has 0 heterocycles. The van der Waals surface area contributed by atoms with Crippen molar-refractivity contribution in [3.63, 3.8) is 0 Å². The van der Waals surface area contributed by atoms with E-state index >= 15 is 0 Å². The fourth-order valence-corrected chi connectivity index (χ4v) is 1.92. The number of hydrogen-bond donors (Lipinski definition) is 2. The van der Waals surface area contributed by atoms with Crippen LogP contribution >= 0.6 is 11.6 Å². The Balaban J connectivity index is 2.15. The third kappa shape index (κ3) is 3.77. The molecule has 0 aliphatic carbocycles. The number of halogens is 1. The van der Waals surface area contributed by atoms with Gasteiger partial charge in [0.05, 0.1) is 12.8 Å². The highest BCUT2D eigenvalue weighted by Crippen LogP contribution is 2.23. The summed E-state index contributed by atoms with van der Waals surface area (Å²) in [6, 6.07) is 11.2. The highest BCUT2D eigenvalue weighted by atomic mass is 35.5. The van der Waals surface area contributed by atoms with Crippen LogP contribution in [-0.2, 0) is 0 Å². The molecule has 0 radical (unpaired) electrons. The van der Waals surface area contributed by atoms with Gasteiger partial charge in [-0.15, -0.1) is 0 Å². The molecule has 0 aliphatic rings. The van der Waals surface area contributed by atoms with Crippen LogP contribution in [0.15, 0.2) is 47.6 Å². The zero-order valence-electron chi connectivity index (χ0n) is 12.1. The van der Waals surface area contributed by atoms with Crippen molar-refractivity contribution in [3.8, 4) is 11.5 Å². The number of methoxy groups -OCH3 is 1. The molecule has 2 aromatic rings. The summed E-state index contributed by atoms with van der Waals surface area (Å²) in [7, 11) is 1.53. The van der Waals surface area contributed by atoms with Gasteiger partial charge in [-0.25, -0.2) is 5.43 Å². The van der Waals surface area contributed by atoms with E-state index in [1.807, 2.05) is 0 Å². The van der Waals surface area contributed by atoms with Gasteiger partial charge in [-0.3, -0.25) is 4.79 Å². The molecule has 0 saturated heterocycles. The van der Waals surface area contributed by atoms with E-state index < -0.39 is 0 Å². The van der Waals surface area contributed by atoms with Crippen molar-refractivity contribution >= 4 is 23.2 Å². The maximum atomic E-state index is 12.0. The highest BCUT2D eigenvalue weighted by molar-refractivity contribution is 6.30. The molecule has 5 nitrogen and oxygen atoms in total. The van der Waals surface area contributed by atoms with E-state index in [4.69, 9.17) is 16.3 Å². The molecule has 0 spiro atoms. The SMILES string of the molecule is COc1ccc(O)c(C(C)=NNC(=O)c2ccc(Cl)cc2)c1. The molecule has 2 N–H and O–H groups in total. The van der Waals surface area contributed by atoms with Gasteiger partial charge in [0.2, 0.25) is 0 Å². The van der Waals surface area contributed by atoms with Crippen LogP contribution in [0.2, 0.25) is 5.02 Å². The number of hydrazone groups is 1. The number of nitrogens with zero attached hydrogens (tertiary/aromatic N) is 1. The molecular formula is C16H15ClN2O3. The Labute approximate surface area is 133 Å². The van der Waals surface area contributed by atoms with E-state index in [2.05, 4.69) is 10.5 Å². The zero-order chi connectivity index (χ0) is 16.1. The monoisotopic (exact) mass is 318 g/mol. The quantitative estimate of drug-likeness (QED) is 0.671. The first-order chi connectivity index (χ1) is 10.5. The molecular weight excluding hydrogens is 304 g/mol. The molecule has 0 unspecified atom stereocenters. The molecule has 2 aromatic carbocycles. The Bertz CT molecular complexity index is 712. The van der Waals surface area contributed by atoms with Gasteiger partial charge >= 0.3 is 0 Å². The lowest BCUT2D eigenvalue weighted by Crippen LogP contribution is -2.19. The van der Waals surface area contributed by atoms with Crippen LogP contribution < -0.4 is 10.2 Å². The first kappa shape index (κ1) is 15.9. The van der Waals surface area contributed by atoms with Crippen LogP contribution in [0.1, 0.15) is 22.8 Å². The Morgan fingerprint density at radius 2 is 1.91 bits per heavy atom. The summed E-state index contributed by atoms with van der Waals surface area (Å²) < 4.78 is 5.10. The van der Waals surface area contributed by atoms with Crippen molar-refractivity contribution in [1.29, 1.82) is 0 Å². The Kier molecular flexibility index (Phi) is 5.01. The average Bonchev–Trinajstić information content (AvgIpc) is 2.53. The van der Waals surface area contributed by atoms with Crippen molar-refractivity contribution in [2.45, 2.75) is 6.92 Å². The van der Waals surface area contributed by atoms with E-state index in [9.17, 15) is 9.90 Å². The number of carbonyl (C=O) groups is 1. The first-order valence-corrected chi connectivity index (χ1v) is 6.86. The number of benzene rings is 2. The molecule has 0 saturated carbocycles. The van der Waals surface area contributed by atoms with Crippen LogP contribution in [0, 0.1) is 0 Å². The summed E-state index contributed by atoms with van der Waals surface area (Å²) in [5.74, 6) is 0.285. The molecule has 1 amide bonds. The smallest absolute Gasteiger partial charge is 0.271 e. The fraction of sp³-hybridized carbons (Fsp3) is 0.125. The number of nitrogens with one attached hydrogen (secondary N) is 1. The van der Waals surface area contributed by atoms with E-state index in [1.54, 1.807) is 43.3 Å². The molecule has 0 aliphatic heterocycles. The van der Waals surface area contributed by atoms with E-state index in [1.165, 1.54) is 13.2 Å². The standard InChI is InChI=1S/C16H15ClN2O3/c1-10(14-9-13(22-2)7-8-15(14)20)18-19-16(21)11-3-5-12(17)6-4-11/h3-9,20H,1-2H3,(H,19,21). The molecule has 0 fully saturated rings. The number of carbonyl (C=O) groups excluding carboxylic acids is 1. The molecule has 0 aromatic heterocycles. The molecule has 114 valence electrons. The maximum Gasteiger partial charge on any atom is 0.271 e. The molecule has 22 heavy (non-hydrogen) atoms. The normalized spacial score (nSPS) is 11.1. The summed E-state index contributed by atoms with van der Waals surface area (Å²) in [5, 5.41) is 14.4. The van der Waals surface area contributed by atoms with Gasteiger partial charge in [0.15, 0.2) is 0 Å². The van der Waals surface area contributed by atoms with E-state index in [0.717, 1.165) is 0 Å².